The van der Waals surface area contributed by atoms with Crippen LogP contribution in [0.4, 0.5) is 0 Å². The van der Waals surface area contributed by atoms with Gasteiger partial charge in [0.05, 0.1) is 11.5 Å². The molecular formula is C35H33N3O3S. The standard InChI is InChI=1S/C35H33N3O3S/c1-24(2)21-30(28-18-10-9-17-27(28)26-15-7-4-8-16-26)33(39)37-38-34(40)31-23-42-35(36-31)29-19-11-12-20-32(29)41-22-25-13-5-3-6-14-25/h3-20,23-24,30H,21-22H2,1-2H3,(H,37,39)(H,38,40). The summed E-state index contributed by atoms with van der Waals surface area (Å²) in [5, 5.41) is 2.34. The SMILES string of the molecule is CC(C)CC(C(=O)NNC(=O)c1csc(-c2ccccc2OCc2ccccc2)n1)c1ccccc1-c1ccccc1. The van der Waals surface area contributed by atoms with Crippen molar-refractivity contribution in [3.8, 4) is 27.4 Å². The Balaban J connectivity index is 1.28. The minimum atomic E-state index is -0.479. The molecule has 7 heteroatoms. The van der Waals surface area contributed by atoms with Crippen molar-refractivity contribution in [2.24, 2.45) is 5.92 Å². The van der Waals surface area contributed by atoms with Crippen LogP contribution in [-0.4, -0.2) is 16.8 Å². The first-order valence-corrected chi connectivity index (χ1v) is 14.8. The molecule has 1 heterocycles. The number of hydrogen-bond acceptors (Lipinski definition) is 5. The van der Waals surface area contributed by atoms with Crippen LogP contribution in [0.5, 0.6) is 5.75 Å². The zero-order valence-electron chi connectivity index (χ0n) is 23.6. The van der Waals surface area contributed by atoms with Gasteiger partial charge in [0.15, 0.2) is 0 Å². The fourth-order valence-electron chi connectivity index (χ4n) is 4.80. The molecule has 2 amide bonds. The van der Waals surface area contributed by atoms with Crippen LogP contribution >= 0.6 is 11.3 Å². The number of benzene rings is 4. The summed E-state index contributed by atoms with van der Waals surface area (Å²) in [6.45, 7) is 4.60. The summed E-state index contributed by atoms with van der Waals surface area (Å²) >= 11 is 1.35. The molecule has 0 saturated heterocycles. The third kappa shape index (κ3) is 7.11. The van der Waals surface area contributed by atoms with Gasteiger partial charge in [0.25, 0.3) is 5.91 Å². The second-order valence-corrected chi connectivity index (χ2v) is 11.2. The number of aromatic nitrogens is 1. The Morgan fingerprint density at radius 3 is 2.17 bits per heavy atom. The minimum absolute atomic E-state index is 0.221. The largest absolute Gasteiger partial charge is 0.488 e. The first kappa shape index (κ1) is 28.8. The van der Waals surface area contributed by atoms with Gasteiger partial charge in [-0.15, -0.1) is 11.3 Å². The van der Waals surface area contributed by atoms with E-state index in [-0.39, 0.29) is 17.5 Å². The molecule has 0 fully saturated rings. The Bertz CT molecular complexity index is 1630. The Kier molecular flexibility index (Phi) is 9.41. The maximum atomic E-state index is 13.5. The quantitative estimate of drug-likeness (QED) is 0.168. The van der Waals surface area contributed by atoms with Gasteiger partial charge in [-0.25, -0.2) is 4.98 Å². The van der Waals surface area contributed by atoms with E-state index in [1.807, 2.05) is 109 Å². The number of ether oxygens (including phenoxy) is 1. The third-order valence-corrected chi connectivity index (χ3v) is 7.71. The van der Waals surface area contributed by atoms with Gasteiger partial charge in [-0.1, -0.05) is 111 Å². The second-order valence-electron chi connectivity index (χ2n) is 10.4. The molecule has 0 aliphatic carbocycles. The maximum absolute atomic E-state index is 13.5. The number of carbonyl (C=O) groups is 2. The average Bonchev–Trinajstić information content (AvgIpc) is 3.53. The van der Waals surface area contributed by atoms with Gasteiger partial charge >= 0.3 is 0 Å². The zero-order valence-corrected chi connectivity index (χ0v) is 24.4. The molecule has 4 aromatic carbocycles. The topological polar surface area (TPSA) is 80.3 Å². The van der Waals surface area contributed by atoms with Gasteiger partial charge < -0.3 is 4.74 Å². The molecule has 0 aliphatic rings. The molecule has 2 N–H and O–H groups in total. The smallest absolute Gasteiger partial charge is 0.289 e. The summed E-state index contributed by atoms with van der Waals surface area (Å²) in [5.74, 6) is -0.236. The van der Waals surface area contributed by atoms with E-state index < -0.39 is 11.8 Å². The molecule has 0 bridgehead atoms. The number of amides is 2. The van der Waals surface area contributed by atoms with Crippen LogP contribution in [0, 0.1) is 5.92 Å². The number of nitrogens with zero attached hydrogens (tertiary/aromatic N) is 1. The van der Waals surface area contributed by atoms with E-state index in [1.165, 1.54) is 11.3 Å². The molecule has 0 aliphatic heterocycles. The molecule has 5 aromatic rings. The highest BCUT2D eigenvalue weighted by molar-refractivity contribution is 7.13. The lowest BCUT2D eigenvalue weighted by Gasteiger charge is -2.22. The normalized spacial score (nSPS) is 11.6. The maximum Gasteiger partial charge on any atom is 0.289 e. The van der Waals surface area contributed by atoms with Crippen molar-refractivity contribution in [3.05, 3.63) is 131 Å². The van der Waals surface area contributed by atoms with Crippen LogP contribution in [0.1, 0.15) is 47.8 Å². The first-order valence-electron chi connectivity index (χ1n) is 14.0. The Hall–Kier alpha value is -4.75. The van der Waals surface area contributed by atoms with Crippen LogP contribution in [0.3, 0.4) is 0 Å². The van der Waals surface area contributed by atoms with Crippen molar-refractivity contribution >= 4 is 23.2 Å². The summed E-state index contributed by atoms with van der Waals surface area (Å²) in [6, 6.07) is 35.5. The fraction of sp³-hybridized carbons (Fsp3) is 0.171. The van der Waals surface area contributed by atoms with Gasteiger partial charge in [0, 0.05) is 5.38 Å². The van der Waals surface area contributed by atoms with E-state index in [0.29, 0.717) is 23.8 Å². The molecular weight excluding hydrogens is 542 g/mol. The summed E-state index contributed by atoms with van der Waals surface area (Å²) in [7, 11) is 0. The number of thiazole rings is 1. The number of nitrogens with one attached hydrogen (secondary N) is 2. The molecule has 5 rings (SSSR count). The predicted octanol–water partition coefficient (Wildman–Crippen LogP) is 7.65. The monoisotopic (exact) mass is 575 g/mol. The third-order valence-electron chi connectivity index (χ3n) is 6.84. The molecule has 1 atom stereocenters. The number of hydrazine groups is 1. The van der Waals surface area contributed by atoms with Crippen molar-refractivity contribution in [1.29, 1.82) is 0 Å². The number of hydrogen-bond donors (Lipinski definition) is 2. The molecule has 0 radical (unpaired) electrons. The summed E-state index contributed by atoms with van der Waals surface area (Å²) in [4.78, 5) is 31.1. The van der Waals surface area contributed by atoms with E-state index in [0.717, 1.165) is 27.8 Å². The summed E-state index contributed by atoms with van der Waals surface area (Å²) < 4.78 is 6.08. The van der Waals surface area contributed by atoms with Crippen LogP contribution in [0.2, 0.25) is 0 Å². The van der Waals surface area contributed by atoms with Gasteiger partial charge in [0.2, 0.25) is 5.91 Å². The Labute approximate surface area is 250 Å². The highest BCUT2D eigenvalue weighted by Gasteiger charge is 2.25. The van der Waals surface area contributed by atoms with Crippen molar-refractivity contribution < 1.29 is 14.3 Å². The molecule has 42 heavy (non-hydrogen) atoms. The van der Waals surface area contributed by atoms with E-state index in [9.17, 15) is 9.59 Å². The van der Waals surface area contributed by atoms with E-state index in [4.69, 9.17) is 4.74 Å². The second kappa shape index (κ2) is 13.7. The van der Waals surface area contributed by atoms with E-state index >= 15 is 0 Å². The van der Waals surface area contributed by atoms with Crippen LogP contribution in [0.25, 0.3) is 21.7 Å². The van der Waals surface area contributed by atoms with Crippen molar-refractivity contribution in [2.75, 3.05) is 0 Å². The molecule has 1 aromatic heterocycles. The van der Waals surface area contributed by atoms with Crippen LogP contribution < -0.4 is 15.6 Å². The lowest BCUT2D eigenvalue weighted by atomic mass is 9.85. The predicted molar refractivity (Wildman–Crippen MR) is 168 cm³/mol. The van der Waals surface area contributed by atoms with Gasteiger partial charge in [-0.3, -0.25) is 20.4 Å². The van der Waals surface area contributed by atoms with Crippen molar-refractivity contribution in [2.45, 2.75) is 32.8 Å². The number of rotatable bonds is 10. The summed E-state index contributed by atoms with van der Waals surface area (Å²) in [5.41, 5.74) is 10.3. The van der Waals surface area contributed by atoms with Gasteiger partial charge in [0.1, 0.15) is 23.1 Å². The van der Waals surface area contributed by atoms with Crippen molar-refractivity contribution in [1.82, 2.24) is 15.8 Å². The molecule has 0 saturated carbocycles. The van der Waals surface area contributed by atoms with Gasteiger partial charge in [-0.2, -0.15) is 0 Å². The lowest BCUT2D eigenvalue weighted by molar-refractivity contribution is -0.123. The molecule has 0 spiro atoms. The molecule has 212 valence electrons. The average molecular weight is 576 g/mol. The Morgan fingerprint density at radius 1 is 0.786 bits per heavy atom. The zero-order chi connectivity index (χ0) is 29.3. The van der Waals surface area contributed by atoms with E-state index in [2.05, 4.69) is 29.7 Å². The number of para-hydroxylation sites is 1. The fourth-order valence-corrected chi connectivity index (χ4v) is 5.63. The van der Waals surface area contributed by atoms with Crippen LogP contribution in [0.15, 0.2) is 115 Å². The number of carbonyl (C=O) groups excluding carboxylic acids is 2. The Morgan fingerprint density at radius 2 is 1.43 bits per heavy atom. The highest BCUT2D eigenvalue weighted by atomic mass is 32.1. The van der Waals surface area contributed by atoms with E-state index in [1.54, 1.807) is 5.38 Å². The molecule has 1 unspecified atom stereocenters. The van der Waals surface area contributed by atoms with Gasteiger partial charge in [-0.05, 0) is 46.7 Å². The lowest BCUT2D eigenvalue weighted by Crippen LogP contribution is -2.44. The first-order chi connectivity index (χ1) is 20.5. The highest BCUT2D eigenvalue weighted by Crippen LogP contribution is 2.34. The van der Waals surface area contributed by atoms with Crippen molar-refractivity contribution in [3.63, 3.8) is 0 Å². The molecule has 6 nitrogen and oxygen atoms in total. The summed E-state index contributed by atoms with van der Waals surface area (Å²) in [6.07, 6.45) is 0.631. The van der Waals surface area contributed by atoms with Crippen LogP contribution in [-0.2, 0) is 11.4 Å². The minimum Gasteiger partial charge on any atom is -0.488 e.